The molecule has 3 rings (SSSR count). The number of aryl methyl sites for hydroxylation is 1. The van der Waals surface area contributed by atoms with Crippen LogP contribution in [0.5, 0.6) is 5.75 Å². The molecule has 1 heterocycles. The minimum absolute atomic E-state index is 0.573. The topological polar surface area (TPSA) is 63.5 Å². The van der Waals surface area contributed by atoms with Gasteiger partial charge in [-0.25, -0.2) is 0 Å². The van der Waals surface area contributed by atoms with Gasteiger partial charge in [-0.05, 0) is 36.2 Å². The minimum Gasteiger partial charge on any atom is -0.492 e. The predicted octanol–water partition coefficient (Wildman–Crippen LogP) is 2.98. The molecule has 0 radical (unpaired) electrons. The smallest absolute Gasteiger partial charge is 0.191 e. The molecule has 2 aromatic carbocycles. The van der Waals surface area contributed by atoms with Gasteiger partial charge >= 0.3 is 0 Å². The predicted molar refractivity (Wildman–Crippen MR) is 113 cm³/mol. The monoisotopic (exact) mass is 377 g/mol. The van der Waals surface area contributed by atoms with Gasteiger partial charge in [-0.1, -0.05) is 42.0 Å². The van der Waals surface area contributed by atoms with E-state index < -0.39 is 0 Å². The highest BCUT2D eigenvalue weighted by molar-refractivity contribution is 5.79. The lowest BCUT2D eigenvalue weighted by molar-refractivity contribution is 0.322. The maximum Gasteiger partial charge on any atom is 0.191 e. The molecule has 0 atom stereocenters. The zero-order chi connectivity index (χ0) is 19.6. The van der Waals surface area contributed by atoms with Crippen LogP contribution in [0.1, 0.15) is 16.7 Å². The zero-order valence-corrected chi connectivity index (χ0v) is 16.4. The average Bonchev–Trinajstić information content (AvgIpc) is 3.22. The van der Waals surface area contributed by atoms with Gasteiger partial charge in [0.2, 0.25) is 0 Å². The van der Waals surface area contributed by atoms with E-state index in [9.17, 15) is 0 Å². The molecule has 28 heavy (non-hydrogen) atoms. The second-order valence-electron chi connectivity index (χ2n) is 6.54. The van der Waals surface area contributed by atoms with Gasteiger partial charge in [-0.2, -0.15) is 5.10 Å². The van der Waals surface area contributed by atoms with E-state index in [4.69, 9.17) is 4.74 Å². The summed E-state index contributed by atoms with van der Waals surface area (Å²) in [6, 6.07) is 18.5. The van der Waals surface area contributed by atoms with Crippen LogP contribution in [0.2, 0.25) is 0 Å². The molecule has 0 aliphatic rings. The van der Waals surface area contributed by atoms with Crippen LogP contribution in [0.4, 0.5) is 0 Å². The zero-order valence-electron chi connectivity index (χ0n) is 16.4. The quantitative estimate of drug-likeness (QED) is 0.360. The summed E-state index contributed by atoms with van der Waals surface area (Å²) in [5, 5.41) is 10.9. The number of benzene rings is 2. The van der Waals surface area contributed by atoms with Crippen molar-refractivity contribution in [3.05, 3.63) is 83.7 Å². The Bertz CT molecular complexity index is 872. The van der Waals surface area contributed by atoms with Crippen molar-refractivity contribution in [2.75, 3.05) is 20.2 Å². The highest BCUT2D eigenvalue weighted by atomic mass is 16.5. The highest BCUT2D eigenvalue weighted by Gasteiger charge is 2.01. The van der Waals surface area contributed by atoms with E-state index in [1.165, 1.54) is 16.7 Å². The van der Waals surface area contributed by atoms with Crippen LogP contribution in [0, 0.1) is 6.92 Å². The van der Waals surface area contributed by atoms with Crippen LogP contribution in [-0.2, 0) is 13.1 Å². The number of rotatable bonds is 8. The third-order valence-electron chi connectivity index (χ3n) is 4.26. The van der Waals surface area contributed by atoms with E-state index in [0.717, 1.165) is 18.3 Å². The molecule has 0 aliphatic carbocycles. The van der Waals surface area contributed by atoms with Gasteiger partial charge in [-0.15, -0.1) is 0 Å². The van der Waals surface area contributed by atoms with Crippen molar-refractivity contribution in [3.8, 4) is 5.75 Å². The number of hydrogen-bond acceptors (Lipinski definition) is 3. The van der Waals surface area contributed by atoms with Crippen LogP contribution in [0.3, 0.4) is 0 Å². The van der Waals surface area contributed by atoms with Gasteiger partial charge in [0.1, 0.15) is 12.4 Å². The maximum absolute atomic E-state index is 5.73. The highest BCUT2D eigenvalue weighted by Crippen LogP contribution is 2.10. The second-order valence-corrected chi connectivity index (χ2v) is 6.54. The Hall–Kier alpha value is -3.28. The molecule has 0 aliphatic heterocycles. The van der Waals surface area contributed by atoms with E-state index in [1.807, 2.05) is 41.2 Å². The Kier molecular flexibility index (Phi) is 7.07. The van der Waals surface area contributed by atoms with Crippen LogP contribution in [0.15, 0.2) is 72.0 Å². The lowest BCUT2D eigenvalue weighted by Gasteiger charge is -2.13. The summed E-state index contributed by atoms with van der Waals surface area (Å²) in [5.41, 5.74) is 3.64. The average molecular weight is 377 g/mol. The van der Waals surface area contributed by atoms with Crippen molar-refractivity contribution in [1.29, 1.82) is 0 Å². The summed E-state index contributed by atoms with van der Waals surface area (Å²) < 4.78 is 7.65. The van der Waals surface area contributed by atoms with Gasteiger partial charge < -0.3 is 15.4 Å². The van der Waals surface area contributed by atoms with E-state index in [2.05, 4.69) is 51.9 Å². The Morgan fingerprint density at radius 1 is 1.07 bits per heavy atom. The lowest BCUT2D eigenvalue weighted by atomic mass is 10.1. The first kappa shape index (κ1) is 19.5. The first-order valence-electron chi connectivity index (χ1n) is 9.42. The number of hydrogen-bond donors (Lipinski definition) is 2. The lowest BCUT2D eigenvalue weighted by Crippen LogP contribution is -2.38. The third-order valence-corrected chi connectivity index (χ3v) is 4.26. The molecule has 146 valence electrons. The van der Waals surface area contributed by atoms with E-state index in [0.29, 0.717) is 19.7 Å². The minimum atomic E-state index is 0.573. The molecule has 0 spiro atoms. The summed E-state index contributed by atoms with van der Waals surface area (Å²) in [7, 11) is 1.77. The second kappa shape index (κ2) is 10.2. The normalized spacial score (nSPS) is 11.3. The van der Waals surface area contributed by atoms with Crippen molar-refractivity contribution in [1.82, 2.24) is 20.4 Å². The number of aromatic nitrogens is 2. The maximum atomic E-state index is 5.73. The molecule has 0 unspecified atom stereocenters. The summed E-state index contributed by atoms with van der Waals surface area (Å²) >= 11 is 0. The molecule has 0 amide bonds. The molecule has 0 bridgehead atoms. The van der Waals surface area contributed by atoms with Crippen molar-refractivity contribution in [2.24, 2.45) is 4.99 Å². The van der Waals surface area contributed by atoms with Gasteiger partial charge in [-0.3, -0.25) is 9.67 Å². The van der Waals surface area contributed by atoms with Crippen LogP contribution in [-0.4, -0.2) is 35.9 Å². The molecule has 0 saturated carbocycles. The molecule has 0 saturated heterocycles. The van der Waals surface area contributed by atoms with Gasteiger partial charge in [0, 0.05) is 26.0 Å². The van der Waals surface area contributed by atoms with Crippen molar-refractivity contribution in [2.45, 2.75) is 20.0 Å². The first-order valence-corrected chi connectivity index (χ1v) is 9.42. The molecule has 3 aromatic rings. The Balaban J connectivity index is 1.41. The molecule has 1 aromatic heterocycles. The number of nitrogens with zero attached hydrogens (tertiary/aromatic N) is 3. The van der Waals surface area contributed by atoms with Gasteiger partial charge in [0.05, 0.1) is 13.1 Å². The van der Waals surface area contributed by atoms with Crippen LogP contribution >= 0.6 is 0 Å². The van der Waals surface area contributed by atoms with Crippen molar-refractivity contribution < 1.29 is 4.74 Å². The number of guanidine groups is 1. The molecule has 0 fully saturated rings. The Labute approximate surface area is 166 Å². The SMILES string of the molecule is CN=C(NCCOc1ccc(C)cc1)NCc1cccc(Cn2cccn2)c1. The summed E-state index contributed by atoms with van der Waals surface area (Å²) in [6.45, 7) is 4.78. The fraction of sp³-hybridized carbons (Fsp3) is 0.273. The standard InChI is InChI=1S/C22H27N5O/c1-18-7-9-21(10-8-18)28-14-12-24-22(23-2)25-16-19-5-3-6-20(15-19)17-27-13-4-11-26-27/h3-11,13,15H,12,14,16-17H2,1-2H3,(H2,23,24,25). The third kappa shape index (κ3) is 6.16. The van der Waals surface area contributed by atoms with Crippen molar-refractivity contribution in [3.63, 3.8) is 0 Å². The number of aliphatic imine (C=N–C) groups is 1. The summed E-state index contributed by atoms with van der Waals surface area (Å²) in [4.78, 5) is 4.27. The Morgan fingerprint density at radius 3 is 2.64 bits per heavy atom. The van der Waals surface area contributed by atoms with E-state index in [1.54, 1.807) is 13.2 Å². The van der Waals surface area contributed by atoms with Crippen molar-refractivity contribution >= 4 is 5.96 Å². The largest absolute Gasteiger partial charge is 0.492 e. The van der Waals surface area contributed by atoms with Gasteiger partial charge in [0.25, 0.3) is 0 Å². The molecule has 6 heteroatoms. The molecule has 2 N–H and O–H groups in total. The van der Waals surface area contributed by atoms with E-state index >= 15 is 0 Å². The number of nitrogens with one attached hydrogen (secondary N) is 2. The molecule has 6 nitrogen and oxygen atoms in total. The summed E-state index contributed by atoms with van der Waals surface area (Å²) in [5.74, 6) is 1.63. The Morgan fingerprint density at radius 2 is 1.89 bits per heavy atom. The first-order chi connectivity index (χ1) is 13.7. The summed E-state index contributed by atoms with van der Waals surface area (Å²) in [6.07, 6.45) is 3.76. The van der Waals surface area contributed by atoms with Crippen LogP contribution in [0.25, 0.3) is 0 Å². The van der Waals surface area contributed by atoms with E-state index in [-0.39, 0.29) is 0 Å². The van der Waals surface area contributed by atoms with Gasteiger partial charge in [0.15, 0.2) is 5.96 Å². The fourth-order valence-corrected chi connectivity index (χ4v) is 2.80. The fourth-order valence-electron chi connectivity index (χ4n) is 2.80. The molecular weight excluding hydrogens is 350 g/mol. The number of ether oxygens (including phenoxy) is 1. The van der Waals surface area contributed by atoms with Crippen LogP contribution < -0.4 is 15.4 Å². The molecular formula is C22H27N5O.